The van der Waals surface area contributed by atoms with E-state index in [9.17, 15) is 19.2 Å². The molecular formula is C22H52N4O14. The van der Waals surface area contributed by atoms with Crippen molar-refractivity contribution in [2.24, 2.45) is 0 Å². The van der Waals surface area contributed by atoms with E-state index >= 15 is 0 Å². The highest BCUT2D eigenvalue weighted by Gasteiger charge is 2.17. The standard InChI is InChI=1S/C22H40N4O8.6H2O/c27-19(28)3-11-23-7-1-8-24(12-4-20(29)30)16-18-26(14-6-22(33)34)10-2-9-25(17-15-23)13-5-21(31)32;;;;;;/h1-18H2,(H,27,28)(H,29,30)(H,31,32)(H,33,34);6*1H2. The van der Waals surface area contributed by atoms with Crippen molar-refractivity contribution >= 4 is 23.9 Å². The summed E-state index contributed by atoms with van der Waals surface area (Å²) in [5.41, 5.74) is 0. The van der Waals surface area contributed by atoms with Crippen molar-refractivity contribution in [1.82, 2.24) is 19.6 Å². The van der Waals surface area contributed by atoms with Gasteiger partial charge in [-0.1, -0.05) is 0 Å². The quantitative estimate of drug-likeness (QED) is 0.164. The molecule has 0 bridgehead atoms. The molecule has 0 spiro atoms. The fourth-order valence-electron chi connectivity index (χ4n) is 3.96. The van der Waals surface area contributed by atoms with E-state index in [1.165, 1.54) is 0 Å². The monoisotopic (exact) mass is 596 g/mol. The number of hydrogen-bond acceptors (Lipinski definition) is 8. The summed E-state index contributed by atoms with van der Waals surface area (Å²) in [6.45, 7) is 6.71. The maximum atomic E-state index is 11.1. The first-order valence-corrected chi connectivity index (χ1v) is 11.9. The molecule has 0 aliphatic carbocycles. The Morgan fingerprint density at radius 3 is 0.700 bits per heavy atom. The molecule has 1 aliphatic rings. The first kappa shape index (κ1) is 50.3. The number of hydrogen-bond donors (Lipinski definition) is 4. The van der Waals surface area contributed by atoms with E-state index < -0.39 is 23.9 Å². The summed E-state index contributed by atoms with van der Waals surface area (Å²) in [6.07, 6.45) is 1.58. The minimum atomic E-state index is -0.869. The van der Waals surface area contributed by atoms with Gasteiger partial charge in [-0.15, -0.1) is 0 Å². The maximum Gasteiger partial charge on any atom is 0.304 e. The van der Waals surface area contributed by atoms with Gasteiger partial charge in [0.2, 0.25) is 0 Å². The highest BCUT2D eigenvalue weighted by atomic mass is 16.4. The molecule has 244 valence electrons. The number of carboxylic acids is 4. The van der Waals surface area contributed by atoms with E-state index in [4.69, 9.17) is 20.4 Å². The first-order valence-electron chi connectivity index (χ1n) is 11.9. The van der Waals surface area contributed by atoms with Gasteiger partial charge in [-0.2, -0.15) is 0 Å². The van der Waals surface area contributed by atoms with E-state index in [0.717, 1.165) is 12.8 Å². The largest absolute Gasteiger partial charge is 0.481 e. The van der Waals surface area contributed by atoms with E-state index in [1.54, 1.807) is 0 Å². The van der Waals surface area contributed by atoms with Crippen LogP contribution in [0.25, 0.3) is 0 Å². The van der Waals surface area contributed by atoms with Gasteiger partial charge in [0.05, 0.1) is 25.7 Å². The summed E-state index contributed by atoms with van der Waals surface area (Å²) >= 11 is 0. The fourth-order valence-corrected chi connectivity index (χ4v) is 3.96. The summed E-state index contributed by atoms with van der Waals surface area (Å²) in [7, 11) is 0. The molecule has 0 saturated carbocycles. The van der Waals surface area contributed by atoms with E-state index in [0.29, 0.717) is 78.5 Å². The Hall–Kier alpha value is -2.52. The van der Waals surface area contributed by atoms with Crippen LogP contribution in [0, 0.1) is 0 Å². The van der Waals surface area contributed by atoms with E-state index in [1.807, 2.05) is 0 Å². The normalized spacial score (nSPS) is 16.0. The lowest BCUT2D eigenvalue weighted by Gasteiger charge is -2.31. The third-order valence-corrected chi connectivity index (χ3v) is 5.93. The van der Waals surface area contributed by atoms with Crippen molar-refractivity contribution < 1.29 is 72.5 Å². The van der Waals surface area contributed by atoms with Crippen LogP contribution < -0.4 is 0 Å². The molecule has 1 heterocycles. The van der Waals surface area contributed by atoms with E-state index in [2.05, 4.69) is 19.6 Å². The summed E-state index contributed by atoms with van der Waals surface area (Å²) in [5, 5.41) is 36.3. The molecule has 0 aromatic rings. The molecule has 1 rings (SSSR count). The molecule has 0 aromatic heterocycles. The topological polar surface area (TPSA) is 351 Å². The van der Waals surface area contributed by atoms with Crippen LogP contribution >= 0.6 is 0 Å². The Balaban J connectivity index is -0.000000482. The summed E-state index contributed by atoms with van der Waals surface area (Å²) < 4.78 is 0. The van der Waals surface area contributed by atoms with Crippen molar-refractivity contribution in [2.45, 2.75) is 38.5 Å². The molecule has 18 nitrogen and oxygen atoms in total. The minimum absolute atomic E-state index is 0. The van der Waals surface area contributed by atoms with Gasteiger partial charge in [-0.25, -0.2) is 0 Å². The van der Waals surface area contributed by atoms with Crippen LogP contribution in [0.1, 0.15) is 38.5 Å². The second-order valence-corrected chi connectivity index (χ2v) is 8.65. The second-order valence-electron chi connectivity index (χ2n) is 8.65. The molecule has 0 unspecified atom stereocenters. The molecule has 40 heavy (non-hydrogen) atoms. The number of rotatable bonds is 12. The third-order valence-electron chi connectivity index (χ3n) is 5.93. The van der Waals surface area contributed by atoms with Gasteiger partial charge in [0.15, 0.2) is 0 Å². The molecule has 1 aliphatic heterocycles. The van der Waals surface area contributed by atoms with Gasteiger partial charge in [0.1, 0.15) is 0 Å². The zero-order chi connectivity index (χ0) is 25.3. The fraction of sp³-hybridized carbons (Fsp3) is 0.818. The number of nitrogens with zero attached hydrogens (tertiary/aromatic N) is 4. The highest BCUT2D eigenvalue weighted by Crippen LogP contribution is 2.05. The molecule has 0 atom stereocenters. The first-order chi connectivity index (χ1) is 16.2. The molecule has 0 aromatic carbocycles. The van der Waals surface area contributed by atoms with Crippen LogP contribution in [-0.4, -0.2) is 175 Å². The number of carboxylic acid groups (broad SMARTS) is 4. The third kappa shape index (κ3) is 27.1. The van der Waals surface area contributed by atoms with Crippen molar-refractivity contribution in [3.8, 4) is 0 Å². The summed E-state index contributed by atoms with van der Waals surface area (Å²) in [5.74, 6) is -3.48. The Bertz CT molecular complexity index is 553. The van der Waals surface area contributed by atoms with Crippen LogP contribution in [0.15, 0.2) is 0 Å². The van der Waals surface area contributed by atoms with Crippen molar-refractivity contribution in [2.75, 3.05) is 78.5 Å². The van der Waals surface area contributed by atoms with Crippen LogP contribution in [0.3, 0.4) is 0 Å². The summed E-state index contributed by atoms with van der Waals surface area (Å²) in [6, 6.07) is 0. The van der Waals surface area contributed by atoms with Crippen molar-refractivity contribution in [3.63, 3.8) is 0 Å². The SMILES string of the molecule is O.O.O.O.O.O.O=C(O)CCN1CCCN(CCC(=O)O)CCN(CCC(=O)O)CCCN(CCC(=O)O)CC1. The predicted octanol–water partition coefficient (Wildman–Crippen LogP) is -5.06. The zero-order valence-electron chi connectivity index (χ0n) is 22.9. The molecule has 16 N–H and O–H groups in total. The molecule has 18 heteroatoms. The maximum absolute atomic E-state index is 11.1. The lowest BCUT2D eigenvalue weighted by atomic mass is 10.2. The summed E-state index contributed by atoms with van der Waals surface area (Å²) in [4.78, 5) is 52.5. The second kappa shape index (κ2) is 29.5. The van der Waals surface area contributed by atoms with E-state index in [-0.39, 0.29) is 58.5 Å². The van der Waals surface area contributed by atoms with Crippen LogP contribution in [0.5, 0.6) is 0 Å². The lowest BCUT2D eigenvalue weighted by Crippen LogP contribution is -2.42. The van der Waals surface area contributed by atoms with Gasteiger partial charge >= 0.3 is 23.9 Å². The van der Waals surface area contributed by atoms with Gasteiger partial charge in [0, 0.05) is 52.4 Å². The Morgan fingerprint density at radius 1 is 0.375 bits per heavy atom. The van der Waals surface area contributed by atoms with Gasteiger partial charge in [0.25, 0.3) is 0 Å². The lowest BCUT2D eigenvalue weighted by molar-refractivity contribution is -0.138. The molecular weight excluding hydrogens is 544 g/mol. The van der Waals surface area contributed by atoms with Crippen LogP contribution in [0.4, 0.5) is 0 Å². The Kier molecular flexibility index (Phi) is 37.1. The van der Waals surface area contributed by atoms with Crippen LogP contribution in [0.2, 0.25) is 0 Å². The van der Waals surface area contributed by atoms with Crippen LogP contribution in [-0.2, 0) is 19.2 Å². The number of aliphatic carboxylic acids is 4. The average molecular weight is 597 g/mol. The number of carbonyl (C=O) groups is 4. The Labute approximate surface area is 233 Å². The van der Waals surface area contributed by atoms with Gasteiger partial charge in [-0.3, -0.25) is 19.2 Å². The molecule has 1 fully saturated rings. The molecule has 0 amide bonds. The van der Waals surface area contributed by atoms with Gasteiger partial charge in [-0.05, 0) is 39.0 Å². The van der Waals surface area contributed by atoms with Crippen molar-refractivity contribution in [1.29, 1.82) is 0 Å². The molecule has 1 saturated heterocycles. The molecule has 0 radical (unpaired) electrons. The predicted molar refractivity (Wildman–Crippen MR) is 146 cm³/mol. The average Bonchev–Trinajstić information content (AvgIpc) is 2.76. The zero-order valence-corrected chi connectivity index (χ0v) is 22.9. The smallest absolute Gasteiger partial charge is 0.304 e. The van der Waals surface area contributed by atoms with Crippen molar-refractivity contribution in [3.05, 3.63) is 0 Å². The Morgan fingerprint density at radius 2 is 0.550 bits per heavy atom. The van der Waals surface area contributed by atoms with Gasteiger partial charge < -0.3 is 72.9 Å². The minimum Gasteiger partial charge on any atom is -0.481 e. The highest BCUT2D eigenvalue weighted by molar-refractivity contribution is 5.67.